The third kappa shape index (κ3) is 4.53. The zero-order chi connectivity index (χ0) is 19.5. The van der Waals surface area contributed by atoms with Crippen molar-refractivity contribution in [3.63, 3.8) is 0 Å². The van der Waals surface area contributed by atoms with E-state index in [4.69, 9.17) is 11.6 Å². The molecule has 1 aliphatic heterocycles. The Bertz CT molecular complexity index is 797. The van der Waals surface area contributed by atoms with Crippen molar-refractivity contribution in [1.82, 2.24) is 8.61 Å². The number of methoxy groups -OCH3 is 1. The summed E-state index contributed by atoms with van der Waals surface area (Å²) in [5.74, 6) is -1.38. The zero-order valence-electron chi connectivity index (χ0n) is 14.9. The third-order valence-corrected chi connectivity index (χ3v) is 6.42. The van der Waals surface area contributed by atoms with Crippen LogP contribution in [0.2, 0.25) is 5.02 Å². The number of benzene rings is 1. The van der Waals surface area contributed by atoms with Gasteiger partial charge in [-0.05, 0) is 31.0 Å². The fourth-order valence-corrected chi connectivity index (χ4v) is 4.10. The molecule has 1 amide bonds. The molecule has 0 bridgehead atoms. The number of piperidine rings is 1. The van der Waals surface area contributed by atoms with Crippen molar-refractivity contribution in [2.45, 2.75) is 12.8 Å². The minimum absolute atomic E-state index is 0.115. The SMILES string of the molecule is COC(=O)c1cc(NC(=O)[C@@H]2CCCN(S(=O)(=O)N(C)C)C2)ccc1Cl. The number of hydrogen-bond acceptors (Lipinski definition) is 5. The first-order valence-electron chi connectivity index (χ1n) is 8.03. The molecule has 1 saturated heterocycles. The molecule has 1 heterocycles. The molecular formula is C16H22ClN3O5S. The van der Waals surface area contributed by atoms with Crippen LogP contribution in [-0.2, 0) is 19.7 Å². The lowest BCUT2D eigenvalue weighted by Crippen LogP contribution is -2.47. The maximum absolute atomic E-state index is 12.6. The lowest BCUT2D eigenvalue weighted by Gasteiger charge is -2.32. The summed E-state index contributed by atoms with van der Waals surface area (Å²) in [5, 5.41) is 2.94. The number of nitrogens with one attached hydrogen (secondary N) is 1. The van der Waals surface area contributed by atoms with Gasteiger partial charge >= 0.3 is 5.97 Å². The highest BCUT2D eigenvalue weighted by Gasteiger charge is 2.33. The Morgan fingerprint density at radius 3 is 2.65 bits per heavy atom. The van der Waals surface area contributed by atoms with Crippen LogP contribution in [0.15, 0.2) is 18.2 Å². The minimum Gasteiger partial charge on any atom is -0.465 e. The molecule has 144 valence electrons. The summed E-state index contributed by atoms with van der Waals surface area (Å²) < 4.78 is 31.6. The molecule has 0 saturated carbocycles. The number of nitrogens with zero attached hydrogens (tertiary/aromatic N) is 2. The van der Waals surface area contributed by atoms with Gasteiger partial charge in [0, 0.05) is 32.9 Å². The number of amides is 1. The zero-order valence-corrected chi connectivity index (χ0v) is 16.4. The second kappa shape index (κ2) is 8.34. The minimum atomic E-state index is -3.56. The first-order chi connectivity index (χ1) is 12.2. The van der Waals surface area contributed by atoms with Gasteiger partial charge in [0.2, 0.25) is 5.91 Å². The average Bonchev–Trinajstić information content (AvgIpc) is 2.62. The van der Waals surface area contributed by atoms with Crippen LogP contribution in [0, 0.1) is 5.92 Å². The predicted octanol–water partition coefficient (Wildman–Crippen LogP) is 1.58. The smallest absolute Gasteiger partial charge is 0.339 e. The molecule has 0 aromatic heterocycles. The standard InChI is InChI=1S/C16H22ClN3O5S/c1-19(2)26(23,24)20-8-4-5-11(10-20)15(21)18-12-6-7-14(17)13(9-12)16(22)25-3/h6-7,9,11H,4-5,8,10H2,1-3H3,(H,18,21)/t11-/m1/s1. The summed E-state index contributed by atoms with van der Waals surface area (Å²) >= 11 is 5.96. The van der Waals surface area contributed by atoms with Crippen molar-refractivity contribution in [3.05, 3.63) is 28.8 Å². The Labute approximate surface area is 158 Å². The monoisotopic (exact) mass is 403 g/mol. The molecule has 8 nitrogen and oxygen atoms in total. The summed E-state index contributed by atoms with van der Waals surface area (Å²) in [5.41, 5.74) is 0.541. The molecule has 0 aliphatic carbocycles. The van der Waals surface area contributed by atoms with E-state index in [1.165, 1.54) is 37.6 Å². The average molecular weight is 404 g/mol. The summed E-state index contributed by atoms with van der Waals surface area (Å²) in [7, 11) is 0.602. The Kier molecular flexibility index (Phi) is 6.62. The first kappa shape index (κ1) is 20.6. The summed E-state index contributed by atoms with van der Waals surface area (Å²) in [4.78, 5) is 24.2. The van der Waals surface area contributed by atoms with Gasteiger partial charge in [0.1, 0.15) is 0 Å². The number of halogens is 1. The van der Waals surface area contributed by atoms with E-state index >= 15 is 0 Å². The van der Waals surface area contributed by atoms with Gasteiger partial charge in [-0.15, -0.1) is 0 Å². The Hall–Kier alpha value is -1.68. The summed E-state index contributed by atoms with van der Waals surface area (Å²) in [6.45, 7) is 0.502. The van der Waals surface area contributed by atoms with Crippen molar-refractivity contribution in [2.24, 2.45) is 5.92 Å². The lowest BCUT2D eigenvalue weighted by atomic mass is 9.98. The van der Waals surface area contributed by atoms with E-state index < -0.39 is 22.1 Å². The Morgan fingerprint density at radius 2 is 2.04 bits per heavy atom. The van der Waals surface area contributed by atoms with E-state index in [9.17, 15) is 18.0 Å². The Balaban J connectivity index is 2.11. The van der Waals surface area contributed by atoms with Crippen molar-refractivity contribution in [3.8, 4) is 0 Å². The van der Waals surface area contributed by atoms with Crippen molar-refractivity contribution < 1.29 is 22.7 Å². The number of carbonyl (C=O) groups excluding carboxylic acids is 2. The molecule has 0 spiro atoms. The van der Waals surface area contributed by atoms with E-state index in [1.807, 2.05) is 0 Å². The van der Waals surface area contributed by atoms with Crippen molar-refractivity contribution >= 4 is 39.4 Å². The second-order valence-electron chi connectivity index (χ2n) is 6.16. The fraction of sp³-hybridized carbons (Fsp3) is 0.500. The molecule has 1 fully saturated rings. The van der Waals surface area contributed by atoms with E-state index in [2.05, 4.69) is 10.1 Å². The van der Waals surface area contributed by atoms with Gasteiger partial charge in [0.15, 0.2) is 0 Å². The second-order valence-corrected chi connectivity index (χ2v) is 8.71. The normalized spacial score (nSPS) is 18.6. The number of esters is 1. The molecule has 2 rings (SSSR count). The topological polar surface area (TPSA) is 96.0 Å². The van der Waals surface area contributed by atoms with Crippen LogP contribution in [0.4, 0.5) is 5.69 Å². The van der Waals surface area contributed by atoms with Gasteiger partial charge < -0.3 is 10.1 Å². The highest BCUT2D eigenvalue weighted by molar-refractivity contribution is 7.86. The number of hydrogen-bond donors (Lipinski definition) is 1. The van der Waals surface area contributed by atoms with Crippen LogP contribution >= 0.6 is 11.6 Å². The van der Waals surface area contributed by atoms with Crippen molar-refractivity contribution in [1.29, 1.82) is 0 Å². The van der Waals surface area contributed by atoms with Crippen LogP contribution in [0.5, 0.6) is 0 Å². The maximum Gasteiger partial charge on any atom is 0.339 e. The van der Waals surface area contributed by atoms with E-state index in [0.717, 1.165) is 4.31 Å². The molecule has 1 aliphatic rings. The van der Waals surface area contributed by atoms with Gasteiger partial charge in [-0.3, -0.25) is 4.79 Å². The van der Waals surface area contributed by atoms with Gasteiger partial charge in [0.25, 0.3) is 10.2 Å². The summed E-state index contributed by atoms with van der Waals surface area (Å²) in [6, 6.07) is 4.50. The predicted molar refractivity (Wildman–Crippen MR) is 98.3 cm³/mol. The number of rotatable bonds is 5. The number of carbonyl (C=O) groups is 2. The summed E-state index contributed by atoms with van der Waals surface area (Å²) in [6.07, 6.45) is 1.18. The van der Waals surface area contributed by atoms with Crippen LogP contribution in [0.3, 0.4) is 0 Å². The van der Waals surface area contributed by atoms with Crippen LogP contribution < -0.4 is 5.32 Å². The molecule has 1 aromatic rings. The molecule has 0 radical (unpaired) electrons. The van der Waals surface area contributed by atoms with E-state index in [0.29, 0.717) is 25.1 Å². The van der Waals surface area contributed by atoms with E-state index in [1.54, 1.807) is 6.07 Å². The van der Waals surface area contributed by atoms with Crippen LogP contribution in [0.1, 0.15) is 23.2 Å². The van der Waals surface area contributed by atoms with Crippen LogP contribution in [0.25, 0.3) is 0 Å². The number of ether oxygens (including phenoxy) is 1. The van der Waals surface area contributed by atoms with Crippen molar-refractivity contribution in [2.75, 3.05) is 39.6 Å². The van der Waals surface area contributed by atoms with Crippen LogP contribution in [-0.4, -0.2) is 63.2 Å². The highest BCUT2D eigenvalue weighted by Crippen LogP contribution is 2.24. The molecule has 1 N–H and O–H groups in total. The molecule has 0 unspecified atom stereocenters. The molecule has 26 heavy (non-hydrogen) atoms. The van der Waals surface area contributed by atoms with Gasteiger partial charge in [-0.25, -0.2) is 4.79 Å². The molecule has 10 heteroatoms. The number of anilines is 1. The fourth-order valence-electron chi connectivity index (χ4n) is 2.71. The first-order valence-corrected chi connectivity index (χ1v) is 9.80. The molecule has 1 aromatic carbocycles. The third-order valence-electron chi connectivity index (χ3n) is 4.18. The van der Waals surface area contributed by atoms with Gasteiger partial charge in [0.05, 0.1) is 23.6 Å². The van der Waals surface area contributed by atoms with Gasteiger partial charge in [-0.2, -0.15) is 17.0 Å². The lowest BCUT2D eigenvalue weighted by molar-refractivity contribution is -0.120. The quantitative estimate of drug-likeness (QED) is 0.753. The highest BCUT2D eigenvalue weighted by atomic mass is 35.5. The Morgan fingerprint density at radius 1 is 1.35 bits per heavy atom. The molecule has 1 atom stereocenters. The van der Waals surface area contributed by atoms with Gasteiger partial charge in [-0.1, -0.05) is 11.6 Å². The van der Waals surface area contributed by atoms with E-state index in [-0.39, 0.29) is 23.0 Å². The molecular weight excluding hydrogens is 382 g/mol. The largest absolute Gasteiger partial charge is 0.465 e. The maximum atomic E-state index is 12.6.